The normalized spacial score (nSPS) is 11.3. The summed E-state index contributed by atoms with van der Waals surface area (Å²) in [4.78, 5) is 12.3. The Morgan fingerprint density at radius 1 is 0.826 bits per heavy atom. The number of rotatable bonds is 3. The van der Waals surface area contributed by atoms with E-state index >= 15 is 0 Å². The third kappa shape index (κ3) is 3.21. The molecule has 0 fully saturated rings. The van der Waals surface area contributed by atoms with E-state index in [4.69, 9.17) is 10.7 Å². The van der Waals surface area contributed by atoms with Crippen LogP contribution in [-0.4, -0.2) is 14.3 Å². The number of carbonyl (C=O) groups is 1. The predicted octanol–water partition coefficient (Wildman–Crippen LogP) is 4.02. The number of anilines is 1. The van der Waals surface area contributed by atoms with Crippen LogP contribution in [0.25, 0.3) is 10.8 Å². The molecule has 3 rings (SSSR count). The van der Waals surface area contributed by atoms with Gasteiger partial charge in [-0.25, -0.2) is 8.42 Å². The van der Waals surface area contributed by atoms with Crippen LogP contribution in [0.2, 0.25) is 0 Å². The van der Waals surface area contributed by atoms with E-state index < -0.39 is 9.05 Å². The maximum Gasteiger partial charge on any atom is 0.261 e. The van der Waals surface area contributed by atoms with Gasteiger partial charge in [-0.2, -0.15) is 0 Å². The molecular formula is C17H12ClNO3S. The fourth-order valence-corrected chi connectivity index (χ4v) is 3.45. The van der Waals surface area contributed by atoms with Gasteiger partial charge in [0.2, 0.25) is 0 Å². The molecule has 0 aromatic heterocycles. The first kappa shape index (κ1) is 15.5. The van der Waals surface area contributed by atoms with Gasteiger partial charge in [-0.05, 0) is 24.3 Å². The predicted molar refractivity (Wildman–Crippen MR) is 91.4 cm³/mol. The first-order valence-electron chi connectivity index (χ1n) is 6.79. The van der Waals surface area contributed by atoms with Crippen LogP contribution in [0.3, 0.4) is 0 Å². The summed E-state index contributed by atoms with van der Waals surface area (Å²) in [5.41, 5.74) is 1.05. The number of nitrogens with one attached hydrogen (secondary N) is 1. The molecule has 23 heavy (non-hydrogen) atoms. The molecule has 0 saturated heterocycles. The van der Waals surface area contributed by atoms with E-state index in [1.165, 1.54) is 6.07 Å². The van der Waals surface area contributed by atoms with E-state index in [0.717, 1.165) is 0 Å². The summed E-state index contributed by atoms with van der Waals surface area (Å²) in [6, 6.07) is 18.6. The second-order valence-electron chi connectivity index (χ2n) is 4.91. The zero-order valence-electron chi connectivity index (χ0n) is 11.9. The summed E-state index contributed by atoms with van der Waals surface area (Å²) in [6.07, 6.45) is 0. The van der Waals surface area contributed by atoms with Crippen molar-refractivity contribution >= 4 is 42.1 Å². The van der Waals surface area contributed by atoms with Crippen molar-refractivity contribution in [2.24, 2.45) is 0 Å². The molecule has 4 nitrogen and oxygen atoms in total. The Kier molecular flexibility index (Phi) is 4.07. The van der Waals surface area contributed by atoms with Crippen LogP contribution in [0.4, 0.5) is 5.69 Å². The van der Waals surface area contributed by atoms with Gasteiger partial charge in [0.1, 0.15) is 0 Å². The molecule has 0 radical (unpaired) electrons. The van der Waals surface area contributed by atoms with Crippen LogP contribution < -0.4 is 5.32 Å². The van der Waals surface area contributed by atoms with Crippen LogP contribution in [-0.2, 0) is 9.05 Å². The third-order valence-corrected chi connectivity index (χ3v) is 4.81. The molecule has 0 spiro atoms. The Balaban J connectivity index is 2.08. The summed E-state index contributed by atoms with van der Waals surface area (Å²) in [5.74, 6) is -0.266. The van der Waals surface area contributed by atoms with Crippen molar-refractivity contribution < 1.29 is 13.2 Å². The number of fused-ring (bicyclic) bond motifs is 1. The number of carbonyl (C=O) groups excluding carboxylic acids is 1. The number of hydrogen-bond acceptors (Lipinski definition) is 3. The average molecular weight is 346 g/mol. The molecule has 3 aromatic rings. The summed E-state index contributed by atoms with van der Waals surface area (Å²) in [7, 11) is 1.61. The van der Waals surface area contributed by atoms with E-state index in [1.807, 2.05) is 6.07 Å². The second kappa shape index (κ2) is 6.02. The minimum atomic E-state index is -3.87. The van der Waals surface area contributed by atoms with Gasteiger partial charge in [0, 0.05) is 32.7 Å². The monoisotopic (exact) mass is 345 g/mol. The molecule has 1 amide bonds. The van der Waals surface area contributed by atoms with E-state index in [1.54, 1.807) is 54.6 Å². The van der Waals surface area contributed by atoms with Gasteiger partial charge in [-0.15, -0.1) is 0 Å². The molecule has 0 atom stereocenters. The van der Waals surface area contributed by atoms with Crippen molar-refractivity contribution in [3.05, 3.63) is 72.3 Å². The van der Waals surface area contributed by atoms with E-state index in [0.29, 0.717) is 22.0 Å². The molecule has 1 N–H and O–H groups in total. The molecule has 0 aliphatic carbocycles. The topological polar surface area (TPSA) is 63.2 Å². The number of hydrogen-bond donors (Lipinski definition) is 1. The van der Waals surface area contributed by atoms with Gasteiger partial charge >= 0.3 is 0 Å². The molecule has 0 bridgehead atoms. The summed E-state index contributed by atoms with van der Waals surface area (Å²) >= 11 is 0. The van der Waals surface area contributed by atoms with E-state index in [-0.39, 0.29) is 10.8 Å². The van der Waals surface area contributed by atoms with Crippen molar-refractivity contribution in [3.8, 4) is 0 Å². The lowest BCUT2D eigenvalue weighted by atomic mass is 10.1. The minimum Gasteiger partial charge on any atom is -0.321 e. The van der Waals surface area contributed by atoms with Gasteiger partial charge < -0.3 is 5.32 Å². The highest BCUT2D eigenvalue weighted by atomic mass is 35.7. The van der Waals surface area contributed by atoms with Gasteiger partial charge in [-0.1, -0.05) is 42.5 Å². The number of amides is 1. The van der Waals surface area contributed by atoms with Gasteiger partial charge in [-0.3, -0.25) is 4.79 Å². The van der Waals surface area contributed by atoms with Crippen LogP contribution in [0.1, 0.15) is 10.4 Å². The zero-order valence-corrected chi connectivity index (χ0v) is 13.4. The van der Waals surface area contributed by atoms with E-state index in [9.17, 15) is 13.2 Å². The van der Waals surface area contributed by atoms with Crippen molar-refractivity contribution in [3.63, 3.8) is 0 Å². The summed E-state index contributed by atoms with van der Waals surface area (Å²) in [5, 5.41) is 3.88. The Hall–Kier alpha value is -2.37. The van der Waals surface area contributed by atoms with Crippen LogP contribution in [0.5, 0.6) is 0 Å². The second-order valence-corrected chi connectivity index (χ2v) is 7.45. The third-order valence-electron chi connectivity index (χ3n) is 3.43. The van der Waals surface area contributed by atoms with Gasteiger partial charge in [0.15, 0.2) is 0 Å². The largest absolute Gasteiger partial charge is 0.321 e. The Labute approximate surface area is 138 Å². The van der Waals surface area contributed by atoms with Crippen molar-refractivity contribution in [1.82, 2.24) is 0 Å². The van der Waals surface area contributed by atoms with Crippen molar-refractivity contribution in [2.75, 3.05) is 5.32 Å². The fourth-order valence-electron chi connectivity index (χ4n) is 2.38. The summed E-state index contributed by atoms with van der Waals surface area (Å²) in [6.45, 7) is 0. The van der Waals surface area contributed by atoms with Crippen molar-refractivity contribution in [1.29, 1.82) is 0 Å². The SMILES string of the molecule is O=C(Nc1ccc(S(=O)(=O)Cl)c2ccccc12)c1ccccc1. The molecular weight excluding hydrogens is 334 g/mol. The molecule has 0 aliphatic heterocycles. The highest BCUT2D eigenvalue weighted by molar-refractivity contribution is 8.14. The van der Waals surface area contributed by atoms with Crippen LogP contribution >= 0.6 is 10.7 Å². The molecule has 3 aromatic carbocycles. The molecule has 0 unspecified atom stereocenters. The highest BCUT2D eigenvalue weighted by Gasteiger charge is 2.16. The number of halogens is 1. The van der Waals surface area contributed by atoms with Gasteiger partial charge in [0.05, 0.1) is 4.90 Å². The minimum absolute atomic E-state index is 0.0208. The Bertz CT molecular complexity index is 985. The highest BCUT2D eigenvalue weighted by Crippen LogP contribution is 2.31. The molecule has 6 heteroatoms. The molecule has 0 aliphatic rings. The lowest BCUT2D eigenvalue weighted by Crippen LogP contribution is -2.12. The van der Waals surface area contributed by atoms with Crippen molar-refractivity contribution in [2.45, 2.75) is 4.90 Å². The molecule has 116 valence electrons. The Morgan fingerprint density at radius 3 is 2.09 bits per heavy atom. The van der Waals surface area contributed by atoms with E-state index in [2.05, 4.69) is 5.32 Å². The first-order chi connectivity index (χ1) is 11.0. The van der Waals surface area contributed by atoms with Gasteiger partial charge in [0.25, 0.3) is 15.0 Å². The maximum atomic E-state index is 12.3. The number of benzene rings is 3. The smallest absolute Gasteiger partial charge is 0.261 e. The van der Waals surface area contributed by atoms with Crippen LogP contribution in [0, 0.1) is 0 Å². The standard InChI is InChI=1S/C17H12ClNO3S/c18-23(21,22)16-11-10-15(13-8-4-5-9-14(13)16)19-17(20)12-6-2-1-3-7-12/h1-11H,(H,19,20). The lowest BCUT2D eigenvalue weighted by molar-refractivity contribution is 0.102. The van der Waals surface area contributed by atoms with Crippen LogP contribution in [0.15, 0.2) is 71.6 Å². The fraction of sp³-hybridized carbons (Fsp3) is 0. The maximum absolute atomic E-state index is 12.3. The Morgan fingerprint density at radius 2 is 1.43 bits per heavy atom. The first-order valence-corrected chi connectivity index (χ1v) is 9.10. The molecule has 0 heterocycles. The lowest BCUT2D eigenvalue weighted by Gasteiger charge is -2.11. The summed E-state index contributed by atoms with van der Waals surface area (Å²) < 4.78 is 23.4. The molecule has 0 saturated carbocycles. The average Bonchev–Trinajstić information content (AvgIpc) is 2.55. The zero-order chi connectivity index (χ0) is 16.4. The quantitative estimate of drug-likeness (QED) is 0.729.